The standard InChI is InChI=1S/C24H25N3O3S/c1-3-5-6-14-30-20-9-7-8-19(15-20)22-26-27-21(16-25-24(27)31-22)17-10-12-18(13-11-17)23(28)29-4-2/h7-13,15-16H,3-6,14H2,1-2H3. The van der Waals surface area contributed by atoms with E-state index in [1.165, 1.54) is 24.2 Å². The normalized spacial score (nSPS) is 11.0. The maximum Gasteiger partial charge on any atom is 0.338 e. The van der Waals surface area contributed by atoms with E-state index < -0.39 is 0 Å². The highest BCUT2D eigenvalue weighted by atomic mass is 32.1. The molecule has 0 aliphatic carbocycles. The van der Waals surface area contributed by atoms with Gasteiger partial charge in [-0.2, -0.15) is 5.10 Å². The number of carbonyl (C=O) groups excluding carboxylic acids is 1. The Balaban J connectivity index is 1.56. The molecule has 0 amide bonds. The zero-order valence-electron chi connectivity index (χ0n) is 17.7. The van der Waals surface area contributed by atoms with Gasteiger partial charge in [0.05, 0.1) is 30.7 Å². The molecular weight excluding hydrogens is 410 g/mol. The molecule has 7 heteroatoms. The van der Waals surface area contributed by atoms with E-state index in [1.54, 1.807) is 25.3 Å². The lowest BCUT2D eigenvalue weighted by Gasteiger charge is -2.06. The Labute approximate surface area is 185 Å². The van der Waals surface area contributed by atoms with Crippen molar-refractivity contribution in [3.05, 3.63) is 60.3 Å². The van der Waals surface area contributed by atoms with Gasteiger partial charge in [-0.15, -0.1) is 0 Å². The predicted octanol–water partition coefficient (Wildman–Crippen LogP) is 5.87. The third-order valence-electron chi connectivity index (χ3n) is 4.87. The molecule has 2 aromatic carbocycles. The fourth-order valence-electron chi connectivity index (χ4n) is 3.26. The van der Waals surface area contributed by atoms with E-state index >= 15 is 0 Å². The van der Waals surface area contributed by atoms with Crippen LogP contribution in [-0.2, 0) is 4.74 Å². The van der Waals surface area contributed by atoms with Crippen molar-refractivity contribution in [2.75, 3.05) is 13.2 Å². The molecule has 4 aromatic rings. The van der Waals surface area contributed by atoms with Gasteiger partial charge in [0.1, 0.15) is 10.8 Å². The minimum Gasteiger partial charge on any atom is -0.494 e. The van der Waals surface area contributed by atoms with Crippen LogP contribution in [0.2, 0.25) is 0 Å². The summed E-state index contributed by atoms with van der Waals surface area (Å²) in [5.41, 5.74) is 3.35. The highest BCUT2D eigenvalue weighted by molar-refractivity contribution is 7.19. The summed E-state index contributed by atoms with van der Waals surface area (Å²) in [7, 11) is 0. The average molecular weight is 436 g/mol. The Bertz CT molecular complexity index is 1160. The molecule has 0 radical (unpaired) electrons. The number of nitrogens with zero attached hydrogens (tertiary/aromatic N) is 3. The second kappa shape index (κ2) is 9.75. The average Bonchev–Trinajstić information content (AvgIpc) is 3.38. The van der Waals surface area contributed by atoms with Gasteiger partial charge >= 0.3 is 5.97 Å². The van der Waals surface area contributed by atoms with Crippen molar-refractivity contribution in [1.82, 2.24) is 14.6 Å². The fraction of sp³-hybridized carbons (Fsp3) is 0.292. The molecule has 31 heavy (non-hydrogen) atoms. The summed E-state index contributed by atoms with van der Waals surface area (Å²) in [5, 5.41) is 5.66. The van der Waals surface area contributed by atoms with Crippen LogP contribution in [0.4, 0.5) is 0 Å². The Morgan fingerprint density at radius 1 is 1.06 bits per heavy atom. The van der Waals surface area contributed by atoms with Crippen molar-refractivity contribution in [3.8, 4) is 27.6 Å². The first-order chi connectivity index (χ1) is 15.2. The summed E-state index contributed by atoms with van der Waals surface area (Å²) < 4.78 is 12.8. The van der Waals surface area contributed by atoms with Crippen LogP contribution in [0.15, 0.2) is 54.7 Å². The van der Waals surface area contributed by atoms with Crippen LogP contribution >= 0.6 is 11.3 Å². The van der Waals surface area contributed by atoms with E-state index in [0.29, 0.717) is 12.2 Å². The van der Waals surface area contributed by atoms with E-state index in [-0.39, 0.29) is 5.97 Å². The molecule has 2 heterocycles. The third kappa shape index (κ3) is 4.77. The van der Waals surface area contributed by atoms with Gasteiger partial charge < -0.3 is 9.47 Å². The zero-order chi connectivity index (χ0) is 21.6. The summed E-state index contributed by atoms with van der Waals surface area (Å²) in [6.07, 6.45) is 5.21. The van der Waals surface area contributed by atoms with Crippen LogP contribution in [0.3, 0.4) is 0 Å². The minimum atomic E-state index is -0.319. The van der Waals surface area contributed by atoms with Gasteiger partial charge in [-0.1, -0.05) is 55.4 Å². The minimum absolute atomic E-state index is 0.319. The van der Waals surface area contributed by atoms with Crippen molar-refractivity contribution in [2.45, 2.75) is 33.1 Å². The summed E-state index contributed by atoms with van der Waals surface area (Å²) in [6.45, 7) is 5.06. The van der Waals surface area contributed by atoms with E-state index in [2.05, 4.69) is 11.9 Å². The molecule has 0 spiro atoms. The van der Waals surface area contributed by atoms with Gasteiger partial charge in [-0.3, -0.25) is 0 Å². The molecule has 0 aliphatic rings. The largest absolute Gasteiger partial charge is 0.494 e. The molecule has 0 aliphatic heterocycles. The molecule has 0 saturated carbocycles. The maximum absolute atomic E-state index is 11.9. The molecule has 160 valence electrons. The number of unbranched alkanes of at least 4 members (excludes halogenated alkanes) is 2. The smallest absolute Gasteiger partial charge is 0.338 e. The molecule has 2 aromatic heterocycles. The van der Waals surface area contributed by atoms with Gasteiger partial charge in [-0.25, -0.2) is 14.3 Å². The number of hydrogen-bond donors (Lipinski definition) is 0. The summed E-state index contributed by atoms with van der Waals surface area (Å²) in [4.78, 5) is 17.2. The second-order valence-corrected chi connectivity index (χ2v) is 8.08. The fourth-order valence-corrected chi connectivity index (χ4v) is 4.13. The van der Waals surface area contributed by atoms with Gasteiger partial charge in [-0.05, 0) is 37.6 Å². The Kier molecular flexibility index (Phi) is 6.62. The maximum atomic E-state index is 11.9. The molecular formula is C24H25N3O3S. The highest BCUT2D eigenvalue weighted by Crippen LogP contribution is 2.31. The number of ether oxygens (including phenoxy) is 2. The van der Waals surface area contributed by atoms with Crippen molar-refractivity contribution in [2.24, 2.45) is 0 Å². The predicted molar refractivity (Wildman–Crippen MR) is 123 cm³/mol. The van der Waals surface area contributed by atoms with Gasteiger partial charge in [0.2, 0.25) is 4.96 Å². The lowest BCUT2D eigenvalue weighted by atomic mass is 10.1. The molecule has 0 N–H and O–H groups in total. The monoisotopic (exact) mass is 435 g/mol. The molecule has 0 fully saturated rings. The first-order valence-electron chi connectivity index (χ1n) is 10.5. The summed E-state index contributed by atoms with van der Waals surface area (Å²) in [6, 6.07) is 15.3. The summed E-state index contributed by atoms with van der Waals surface area (Å²) >= 11 is 1.53. The quantitative estimate of drug-likeness (QED) is 0.243. The van der Waals surface area contributed by atoms with E-state index in [4.69, 9.17) is 14.6 Å². The third-order valence-corrected chi connectivity index (χ3v) is 5.85. The van der Waals surface area contributed by atoms with Crippen LogP contribution in [0.5, 0.6) is 5.75 Å². The topological polar surface area (TPSA) is 65.7 Å². The van der Waals surface area contributed by atoms with Gasteiger partial charge in [0, 0.05) is 11.1 Å². The number of aromatic nitrogens is 3. The van der Waals surface area contributed by atoms with Gasteiger partial charge in [0.15, 0.2) is 0 Å². The summed E-state index contributed by atoms with van der Waals surface area (Å²) in [5.74, 6) is 0.538. The number of imidazole rings is 1. The number of esters is 1. The second-order valence-electron chi connectivity index (χ2n) is 7.13. The molecule has 4 rings (SSSR count). The molecule has 0 bridgehead atoms. The number of benzene rings is 2. The van der Waals surface area contributed by atoms with Crippen LogP contribution in [0.25, 0.3) is 26.8 Å². The van der Waals surface area contributed by atoms with Crippen molar-refractivity contribution in [3.63, 3.8) is 0 Å². The Hall–Kier alpha value is -3.19. The van der Waals surface area contributed by atoms with Crippen LogP contribution in [0, 0.1) is 0 Å². The Morgan fingerprint density at radius 2 is 1.90 bits per heavy atom. The number of carbonyl (C=O) groups is 1. The number of hydrogen-bond acceptors (Lipinski definition) is 6. The van der Waals surface area contributed by atoms with E-state index in [9.17, 15) is 4.79 Å². The lowest BCUT2D eigenvalue weighted by Crippen LogP contribution is -2.04. The zero-order valence-corrected chi connectivity index (χ0v) is 18.5. The van der Waals surface area contributed by atoms with E-state index in [1.807, 2.05) is 40.9 Å². The van der Waals surface area contributed by atoms with E-state index in [0.717, 1.165) is 45.6 Å². The van der Waals surface area contributed by atoms with Crippen molar-refractivity contribution >= 4 is 22.3 Å². The lowest BCUT2D eigenvalue weighted by molar-refractivity contribution is 0.0526. The Morgan fingerprint density at radius 3 is 2.68 bits per heavy atom. The molecule has 6 nitrogen and oxygen atoms in total. The van der Waals surface area contributed by atoms with Crippen LogP contribution in [-0.4, -0.2) is 33.8 Å². The first-order valence-corrected chi connectivity index (χ1v) is 11.4. The van der Waals surface area contributed by atoms with Gasteiger partial charge in [0.25, 0.3) is 0 Å². The molecule has 0 atom stereocenters. The first kappa shape index (κ1) is 21.1. The van der Waals surface area contributed by atoms with Crippen molar-refractivity contribution in [1.29, 1.82) is 0 Å². The van der Waals surface area contributed by atoms with Crippen LogP contribution in [0.1, 0.15) is 43.5 Å². The highest BCUT2D eigenvalue weighted by Gasteiger charge is 2.14. The number of fused-ring (bicyclic) bond motifs is 1. The molecule has 0 saturated heterocycles. The molecule has 0 unspecified atom stereocenters. The number of rotatable bonds is 9. The SMILES string of the molecule is CCCCCOc1cccc(-c2nn3c(-c4ccc(C(=O)OCC)cc4)cnc3s2)c1. The van der Waals surface area contributed by atoms with Crippen molar-refractivity contribution < 1.29 is 14.3 Å². The van der Waals surface area contributed by atoms with Crippen LogP contribution < -0.4 is 4.74 Å².